The number of halogens is 2. The van der Waals surface area contributed by atoms with Crippen molar-refractivity contribution >= 4 is 52.1 Å². The Morgan fingerprint density at radius 1 is 1.29 bits per heavy atom. The minimum absolute atomic E-state index is 0. The van der Waals surface area contributed by atoms with E-state index in [0.29, 0.717) is 14.6 Å². The number of benzene rings is 1. The van der Waals surface area contributed by atoms with Crippen LogP contribution >= 0.6 is 35.3 Å². The maximum absolute atomic E-state index is 10.8. The van der Waals surface area contributed by atoms with Gasteiger partial charge in [-0.1, -0.05) is 35.9 Å². The Balaban J connectivity index is 0.000000980. The van der Waals surface area contributed by atoms with Crippen molar-refractivity contribution in [3.8, 4) is 0 Å². The molecule has 0 saturated carbocycles. The highest BCUT2D eigenvalue weighted by atomic mass is 35.5. The van der Waals surface area contributed by atoms with Gasteiger partial charge in [0.1, 0.15) is 9.21 Å². The molecule has 74 valence electrons. The predicted molar refractivity (Wildman–Crippen MR) is 61.0 cm³/mol. The van der Waals surface area contributed by atoms with Crippen LogP contribution in [0.2, 0.25) is 4.34 Å². The SMILES string of the molecule is Cl.O=C(O)c1sc(Cl)c2ccccc12. The van der Waals surface area contributed by atoms with Crippen molar-refractivity contribution in [1.82, 2.24) is 0 Å². The molecule has 0 aliphatic rings. The Labute approximate surface area is 95.5 Å². The van der Waals surface area contributed by atoms with Crippen LogP contribution < -0.4 is 0 Å². The van der Waals surface area contributed by atoms with Crippen LogP contribution in [-0.4, -0.2) is 11.1 Å². The first kappa shape index (κ1) is 11.3. The molecular weight excluding hydrogens is 243 g/mol. The van der Waals surface area contributed by atoms with Gasteiger partial charge in [-0.15, -0.1) is 23.7 Å². The molecule has 1 heterocycles. The molecule has 0 aliphatic heterocycles. The second-order valence-electron chi connectivity index (χ2n) is 2.56. The summed E-state index contributed by atoms with van der Waals surface area (Å²) < 4.78 is 0.535. The van der Waals surface area contributed by atoms with Crippen LogP contribution in [0.4, 0.5) is 0 Å². The second kappa shape index (κ2) is 4.17. The third-order valence-electron chi connectivity index (χ3n) is 1.77. The number of hydrogen-bond donors (Lipinski definition) is 1. The van der Waals surface area contributed by atoms with E-state index < -0.39 is 5.97 Å². The van der Waals surface area contributed by atoms with E-state index in [4.69, 9.17) is 16.7 Å². The van der Waals surface area contributed by atoms with Crippen molar-refractivity contribution in [2.75, 3.05) is 0 Å². The molecule has 0 aliphatic carbocycles. The molecule has 2 rings (SSSR count). The molecule has 0 spiro atoms. The van der Waals surface area contributed by atoms with Crippen molar-refractivity contribution in [3.63, 3.8) is 0 Å². The van der Waals surface area contributed by atoms with E-state index in [9.17, 15) is 4.79 Å². The van der Waals surface area contributed by atoms with E-state index in [1.807, 2.05) is 12.1 Å². The van der Waals surface area contributed by atoms with Crippen LogP contribution in [0.1, 0.15) is 9.67 Å². The molecule has 0 unspecified atom stereocenters. The van der Waals surface area contributed by atoms with E-state index in [1.54, 1.807) is 12.1 Å². The summed E-state index contributed by atoms with van der Waals surface area (Å²) >= 11 is 6.98. The van der Waals surface area contributed by atoms with E-state index in [2.05, 4.69) is 0 Å². The smallest absolute Gasteiger partial charge is 0.346 e. The molecular formula is C9H6Cl2O2S. The van der Waals surface area contributed by atoms with E-state index in [1.165, 1.54) is 0 Å². The van der Waals surface area contributed by atoms with Crippen LogP contribution in [0.5, 0.6) is 0 Å². The number of carboxylic acids is 1. The quantitative estimate of drug-likeness (QED) is 0.837. The van der Waals surface area contributed by atoms with Crippen molar-refractivity contribution in [2.24, 2.45) is 0 Å². The van der Waals surface area contributed by atoms with Gasteiger partial charge < -0.3 is 5.11 Å². The van der Waals surface area contributed by atoms with Gasteiger partial charge in [0.25, 0.3) is 0 Å². The Kier molecular flexibility index (Phi) is 3.37. The van der Waals surface area contributed by atoms with Gasteiger partial charge in [-0.05, 0) is 0 Å². The third kappa shape index (κ3) is 1.71. The van der Waals surface area contributed by atoms with Gasteiger partial charge in [0.15, 0.2) is 0 Å². The van der Waals surface area contributed by atoms with E-state index in [0.717, 1.165) is 16.7 Å². The zero-order valence-electron chi connectivity index (χ0n) is 6.86. The molecule has 5 heteroatoms. The van der Waals surface area contributed by atoms with Gasteiger partial charge in [-0.3, -0.25) is 0 Å². The first-order valence-electron chi connectivity index (χ1n) is 3.60. The number of carbonyl (C=O) groups is 1. The zero-order valence-corrected chi connectivity index (χ0v) is 9.25. The molecule has 2 aromatic rings. The lowest BCUT2D eigenvalue weighted by Crippen LogP contribution is -1.91. The molecule has 1 aromatic carbocycles. The van der Waals surface area contributed by atoms with Crippen molar-refractivity contribution in [1.29, 1.82) is 0 Å². The van der Waals surface area contributed by atoms with E-state index in [-0.39, 0.29) is 12.4 Å². The topological polar surface area (TPSA) is 37.3 Å². The molecule has 1 aromatic heterocycles. The molecule has 0 saturated heterocycles. The fourth-order valence-electron chi connectivity index (χ4n) is 1.21. The summed E-state index contributed by atoms with van der Waals surface area (Å²) in [5.74, 6) is -0.923. The highest BCUT2D eigenvalue weighted by Gasteiger charge is 2.13. The van der Waals surface area contributed by atoms with Gasteiger partial charge in [-0.25, -0.2) is 4.79 Å². The van der Waals surface area contributed by atoms with Gasteiger partial charge in [0, 0.05) is 10.8 Å². The largest absolute Gasteiger partial charge is 0.477 e. The normalized spacial score (nSPS) is 9.79. The van der Waals surface area contributed by atoms with Gasteiger partial charge >= 0.3 is 5.97 Å². The standard InChI is InChI=1S/C9H5ClO2S.ClH/c10-8-6-4-2-1-3-5(6)7(13-8)9(11)12;/h1-4H,(H,11,12);1H. The van der Waals surface area contributed by atoms with Gasteiger partial charge in [0.05, 0.1) is 0 Å². The maximum atomic E-state index is 10.8. The first-order chi connectivity index (χ1) is 6.20. The number of rotatable bonds is 1. The summed E-state index contributed by atoms with van der Waals surface area (Å²) in [6, 6.07) is 7.23. The summed E-state index contributed by atoms with van der Waals surface area (Å²) in [4.78, 5) is 11.1. The Morgan fingerprint density at radius 2 is 1.86 bits per heavy atom. The van der Waals surface area contributed by atoms with Crippen LogP contribution in [0.15, 0.2) is 24.3 Å². The zero-order chi connectivity index (χ0) is 9.42. The van der Waals surface area contributed by atoms with Gasteiger partial charge in [-0.2, -0.15) is 0 Å². The van der Waals surface area contributed by atoms with Crippen molar-refractivity contribution in [2.45, 2.75) is 0 Å². The van der Waals surface area contributed by atoms with Crippen LogP contribution in [0.3, 0.4) is 0 Å². The molecule has 0 fully saturated rings. The average Bonchev–Trinajstić information content (AvgIpc) is 2.45. The number of aromatic carboxylic acids is 1. The van der Waals surface area contributed by atoms with Crippen LogP contribution in [0.25, 0.3) is 10.8 Å². The molecule has 14 heavy (non-hydrogen) atoms. The number of fused-ring (bicyclic) bond motifs is 1. The highest BCUT2D eigenvalue weighted by Crippen LogP contribution is 2.34. The van der Waals surface area contributed by atoms with Crippen LogP contribution in [0, 0.1) is 0 Å². The minimum atomic E-state index is -0.923. The lowest BCUT2D eigenvalue weighted by Gasteiger charge is -1.89. The second-order valence-corrected chi connectivity index (χ2v) is 4.18. The maximum Gasteiger partial charge on any atom is 0.346 e. The van der Waals surface area contributed by atoms with Gasteiger partial charge in [0.2, 0.25) is 0 Å². The number of carboxylic acid groups (broad SMARTS) is 1. The van der Waals surface area contributed by atoms with Crippen LogP contribution in [-0.2, 0) is 0 Å². The molecule has 1 N–H and O–H groups in total. The Morgan fingerprint density at radius 3 is 2.43 bits per heavy atom. The minimum Gasteiger partial charge on any atom is -0.477 e. The third-order valence-corrected chi connectivity index (χ3v) is 3.20. The lowest BCUT2D eigenvalue weighted by atomic mass is 10.2. The Bertz CT molecular complexity index is 479. The molecule has 2 nitrogen and oxygen atoms in total. The summed E-state index contributed by atoms with van der Waals surface area (Å²) in [7, 11) is 0. The molecule has 0 radical (unpaired) electrons. The highest BCUT2D eigenvalue weighted by molar-refractivity contribution is 7.19. The first-order valence-corrected chi connectivity index (χ1v) is 4.80. The summed E-state index contributed by atoms with van der Waals surface area (Å²) in [5, 5.41) is 10.4. The number of thiophene rings is 1. The molecule has 0 atom stereocenters. The average molecular weight is 249 g/mol. The van der Waals surface area contributed by atoms with Crippen molar-refractivity contribution < 1.29 is 9.90 Å². The molecule has 0 amide bonds. The van der Waals surface area contributed by atoms with E-state index >= 15 is 0 Å². The monoisotopic (exact) mass is 248 g/mol. The summed E-state index contributed by atoms with van der Waals surface area (Å²) in [5.41, 5.74) is 0. The van der Waals surface area contributed by atoms with Crippen molar-refractivity contribution in [3.05, 3.63) is 33.5 Å². The summed E-state index contributed by atoms with van der Waals surface area (Å²) in [6.07, 6.45) is 0. The lowest BCUT2D eigenvalue weighted by molar-refractivity contribution is 0.0704. The molecule has 0 bridgehead atoms. The number of hydrogen-bond acceptors (Lipinski definition) is 2. The predicted octanol–water partition coefficient (Wildman–Crippen LogP) is 3.67. The fourth-order valence-corrected chi connectivity index (χ4v) is 2.45. The summed E-state index contributed by atoms with van der Waals surface area (Å²) in [6.45, 7) is 0. The fraction of sp³-hybridized carbons (Fsp3) is 0. The Hall–Kier alpha value is -0.770.